The predicted octanol–water partition coefficient (Wildman–Crippen LogP) is -0.405. The van der Waals surface area contributed by atoms with E-state index in [-0.39, 0.29) is 31.2 Å². The van der Waals surface area contributed by atoms with Crippen LogP contribution in [0.25, 0.3) is 0 Å². The van der Waals surface area contributed by atoms with Gasteiger partial charge >= 0.3 is 5.97 Å². The van der Waals surface area contributed by atoms with Crippen molar-refractivity contribution in [3.05, 3.63) is 0 Å². The number of piperazine rings is 1. The molecule has 1 N–H and O–H groups in total. The highest BCUT2D eigenvalue weighted by atomic mass is 32.2. The van der Waals surface area contributed by atoms with E-state index in [0.717, 1.165) is 0 Å². The monoisotopic (exact) mass is 389 g/mol. The molecule has 3 aliphatic rings. The fourth-order valence-corrected chi connectivity index (χ4v) is 5.70. The van der Waals surface area contributed by atoms with Crippen LogP contribution < -0.4 is 0 Å². The molecule has 1 aliphatic carbocycles. The van der Waals surface area contributed by atoms with E-state index < -0.39 is 28.0 Å². The van der Waals surface area contributed by atoms with Crippen molar-refractivity contribution in [3.8, 4) is 0 Å². The molecule has 2 heterocycles. The van der Waals surface area contributed by atoms with Gasteiger partial charge in [-0.05, 0) is 26.7 Å². The minimum Gasteiger partial charge on any atom is -0.481 e. The number of ether oxygens (including phenoxy) is 1. The summed E-state index contributed by atoms with van der Waals surface area (Å²) in [7, 11) is -3.58. The Hall–Kier alpha value is -1.23. The molecule has 148 valence electrons. The Morgan fingerprint density at radius 2 is 1.46 bits per heavy atom. The number of amides is 1. The molecule has 1 amide bonds. The fourth-order valence-electron chi connectivity index (χ4n) is 3.95. The Morgan fingerprint density at radius 1 is 0.923 bits per heavy atom. The fraction of sp³-hybridized carbons (Fsp3) is 0.875. The number of morpholine rings is 1. The van der Waals surface area contributed by atoms with Crippen LogP contribution in [-0.2, 0) is 24.5 Å². The number of carbonyl (C=O) groups excluding carboxylic acids is 1. The molecule has 2 saturated heterocycles. The second kappa shape index (κ2) is 7.41. The molecule has 1 saturated carbocycles. The Bertz CT molecular complexity index is 651. The molecule has 9 nitrogen and oxygen atoms in total. The molecule has 0 aromatic rings. The van der Waals surface area contributed by atoms with Gasteiger partial charge in [0.05, 0.1) is 24.0 Å². The number of carboxylic acid groups (broad SMARTS) is 1. The van der Waals surface area contributed by atoms with Crippen LogP contribution in [0.1, 0.15) is 26.7 Å². The molecule has 26 heavy (non-hydrogen) atoms. The van der Waals surface area contributed by atoms with Crippen LogP contribution in [0.15, 0.2) is 0 Å². The lowest BCUT2D eigenvalue weighted by Crippen LogP contribution is -2.59. The second-order valence-corrected chi connectivity index (χ2v) is 9.36. The highest BCUT2D eigenvalue weighted by Crippen LogP contribution is 2.36. The summed E-state index contributed by atoms with van der Waals surface area (Å²) in [6.45, 7) is 5.44. The van der Waals surface area contributed by atoms with Crippen molar-refractivity contribution in [2.45, 2.75) is 38.9 Å². The maximum Gasteiger partial charge on any atom is 0.307 e. The van der Waals surface area contributed by atoms with Crippen LogP contribution in [0.3, 0.4) is 0 Å². The van der Waals surface area contributed by atoms with E-state index in [1.54, 1.807) is 4.90 Å². The minimum atomic E-state index is -3.58. The number of carboxylic acids is 1. The van der Waals surface area contributed by atoms with E-state index in [0.29, 0.717) is 39.0 Å². The van der Waals surface area contributed by atoms with E-state index in [1.807, 2.05) is 13.8 Å². The van der Waals surface area contributed by atoms with Gasteiger partial charge in [-0.25, -0.2) is 0 Å². The van der Waals surface area contributed by atoms with Gasteiger partial charge in [-0.3, -0.25) is 9.59 Å². The highest BCUT2D eigenvalue weighted by molar-refractivity contribution is 7.86. The topological polar surface area (TPSA) is 107 Å². The van der Waals surface area contributed by atoms with E-state index in [2.05, 4.69) is 0 Å². The normalized spacial score (nSPS) is 34.3. The van der Waals surface area contributed by atoms with E-state index >= 15 is 0 Å². The van der Waals surface area contributed by atoms with Crippen LogP contribution in [0.5, 0.6) is 0 Å². The highest BCUT2D eigenvalue weighted by Gasteiger charge is 2.44. The molecule has 3 fully saturated rings. The first-order valence-electron chi connectivity index (χ1n) is 9.12. The first-order valence-corrected chi connectivity index (χ1v) is 10.5. The lowest BCUT2D eigenvalue weighted by atomic mass is 9.73. The Labute approximate surface area is 154 Å². The van der Waals surface area contributed by atoms with Gasteiger partial charge in [0.1, 0.15) is 0 Å². The Kier molecular flexibility index (Phi) is 5.57. The van der Waals surface area contributed by atoms with Crippen LogP contribution in [0.2, 0.25) is 0 Å². The van der Waals surface area contributed by atoms with Crippen LogP contribution in [-0.4, -0.2) is 90.4 Å². The molecule has 4 atom stereocenters. The maximum absolute atomic E-state index is 12.9. The lowest BCUT2D eigenvalue weighted by molar-refractivity contribution is -0.157. The number of carbonyl (C=O) groups is 2. The van der Waals surface area contributed by atoms with Crippen molar-refractivity contribution in [2.24, 2.45) is 11.8 Å². The van der Waals surface area contributed by atoms with Crippen LogP contribution in [0.4, 0.5) is 0 Å². The summed E-state index contributed by atoms with van der Waals surface area (Å²) in [6, 6.07) is 0. The molecular formula is C16H27N3O6S. The maximum atomic E-state index is 12.9. The van der Waals surface area contributed by atoms with Gasteiger partial charge in [-0.1, -0.05) is 0 Å². The van der Waals surface area contributed by atoms with Crippen molar-refractivity contribution in [2.75, 3.05) is 39.3 Å². The van der Waals surface area contributed by atoms with Gasteiger partial charge in [0, 0.05) is 39.3 Å². The van der Waals surface area contributed by atoms with Crippen molar-refractivity contribution in [1.29, 1.82) is 0 Å². The zero-order chi connectivity index (χ0) is 19.1. The summed E-state index contributed by atoms with van der Waals surface area (Å²) < 4.78 is 34.2. The molecule has 3 rings (SSSR count). The summed E-state index contributed by atoms with van der Waals surface area (Å²) in [5, 5.41) is 9.11. The smallest absolute Gasteiger partial charge is 0.307 e. The Morgan fingerprint density at radius 3 is 1.92 bits per heavy atom. The van der Waals surface area contributed by atoms with Crippen LogP contribution in [0, 0.1) is 11.8 Å². The molecule has 0 aromatic carbocycles. The lowest BCUT2D eigenvalue weighted by Gasteiger charge is -2.42. The van der Waals surface area contributed by atoms with Gasteiger partial charge in [0.15, 0.2) is 0 Å². The van der Waals surface area contributed by atoms with E-state index in [9.17, 15) is 18.0 Å². The summed E-state index contributed by atoms with van der Waals surface area (Å²) in [5.41, 5.74) is 0. The number of rotatable bonds is 4. The first-order chi connectivity index (χ1) is 12.2. The van der Waals surface area contributed by atoms with Gasteiger partial charge in [0.25, 0.3) is 10.2 Å². The van der Waals surface area contributed by atoms with Gasteiger partial charge in [-0.2, -0.15) is 17.0 Å². The average molecular weight is 389 g/mol. The molecular weight excluding hydrogens is 362 g/mol. The third-order valence-corrected chi connectivity index (χ3v) is 7.47. The third-order valence-electron chi connectivity index (χ3n) is 5.50. The third kappa shape index (κ3) is 3.73. The number of hydrogen-bond donors (Lipinski definition) is 1. The zero-order valence-electron chi connectivity index (χ0n) is 15.2. The van der Waals surface area contributed by atoms with Crippen molar-refractivity contribution in [3.63, 3.8) is 0 Å². The zero-order valence-corrected chi connectivity index (χ0v) is 16.0. The minimum absolute atomic E-state index is 0.150. The van der Waals surface area contributed by atoms with Gasteiger partial charge in [-0.15, -0.1) is 0 Å². The molecule has 4 unspecified atom stereocenters. The molecule has 0 bridgehead atoms. The first kappa shape index (κ1) is 19.5. The molecule has 0 radical (unpaired) electrons. The number of aliphatic carboxylic acids is 1. The number of nitrogens with zero attached hydrogens (tertiary/aromatic N) is 3. The molecule has 0 aromatic heterocycles. The van der Waals surface area contributed by atoms with Crippen molar-refractivity contribution < 1.29 is 27.9 Å². The summed E-state index contributed by atoms with van der Waals surface area (Å²) in [6.07, 6.45) is 0.830. The summed E-state index contributed by atoms with van der Waals surface area (Å²) in [5.74, 6) is -2.14. The summed E-state index contributed by atoms with van der Waals surface area (Å²) in [4.78, 5) is 25.2. The van der Waals surface area contributed by atoms with E-state index in [1.165, 1.54) is 8.61 Å². The molecule has 0 spiro atoms. The second-order valence-electron chi connectivity index (χ2n) is 7.43. The SMILES string of the molecule is CC1CN(S(=O)(=O)N2CCN(C(=O)C3CCC3C(=O)O)CC2)CC(C)O1. The standard InChI is InChI=1S/C16H27N3O6S/c1-11-9-19(10-12(2)25-11)26(23,24)18-7-5-17(6-8-18)15(20)13-3-4-14(13)16(21)22/h11-14H,3-10H2,1-2H3,(H,21,22). The summed E-state index contributed by atoms with van der Waals surface area (Å²) >= 11 is 0. The quantitative estimate of drug-likeness (QED) is 0.701. The van der Waals surface area contributed by atoms with E-state index in [4.69, 9.17) is 9.84 Å². The molecule has 2 aliphatic heterocycles. The van der Waals surface area contributed by atoms with Crippen LogP contribution >= 0.6 is 0 Å². The van der Waals surface area contributed by atoms with Gasteiger partial charge < -0.3 is 14.7 Å². The van der Waals surface area contributed by atoms with Crippen molar-refractivity contribution >= 4 is 22.1 Å². The number of hydrogen-bond acceptors (Lipinski definition) is 5. The largest absolute Gasteiger partial charge is 0.481 e. The Balaban J connectivity index is 1.58. The van der Waals surface area contributed by atoms with Gasteiger partial charge in [0.2, 0.25) is 5.91 Å². The van der Waals surface area contributed by atoms with Crippen molar-refractivity contribution in [1.82, 2.24) is 13.5 Å². The molecule has 10 heteroatoms. The average Bonchev–Trinajstić information content (AvgIpc) is 2.52. The predicted molar refractivity (Wildman–Crippen MR) is 92.5 cm³/mol.